The lowest BCUT2D eigenvalue weighted by molar-refractivity contribution is -0.125. The van der Waals surface area contributed by atoms with Gasteiger partial charge in [-0.2, -0.15) is 0 Å². The quantitative estimate of drug-likeness (QED) is 0.805. The van der Waals surface area contributed by atoms with Gasteiger partial charge < -0.3 is 10.6 Å². The molecule has 1 aromatic carbocycles. The van der Waals surface area contributed by atoms with Crippen LogP contribution >= 0.6 is 24.8 Å². The van der Waals surface area contributed by atoms with Crippen molar-refractivity contribution in [3.05, 3.63) is 35.9 Å². The Morgan fingerprint density at radius 2 is 2.00 bits per heavy atom. The average molecular weight is 374 g/mol. The molecule has 0 aromatic heterocycles. The van der Waals surface area contributed by atoms with Gasteiger partial charge in [0.05, 0.1) is 6.04 Å². The molecule has 2 heterocycles. The Bertz CT molecular complexity index is 480. The lowest BCUT2D eigenvalue weighted by Gasteiger charge is -2.24. The van der Waals surface area contributed by atoms with E-state index in [9.17, 15) is 4.79 Å². The van der Waals surface area contributed by atoms with E-state index in [0.29, 0.717) is 0 Å². The van der Waals surface area contributed by atoms with Gasteiger partial charge in [0.15, 0.2) is 0 Å². The van der Waals surface area contributed by atoms with Gasteiger partial charge in [-0.15, -0.1) is 24.8 Å². The van der Waals surface area contributed by atoms with E-state index in [2.05, 4.69) is 39.8 Å². The van der Waals surface area contributed by atoms with E-state index < -0.39 is 0 Å². The first-order valence-electron chi connectivity index (χ1n) is 8.59. The Morgan fingerprint density at radius 3 is 2.71 bits per heavy atom. The molecule has 1 aromatic rings. The molecule has 2 aliphatic rings. The highest BCUT2D eigenvalue weighted by Crippen LogP contribution is 2.20. The van der Waals surface area contributed by atoms with Crippen molar-refractivity contribution in [3.63, 3.8) is 0 Å². The molecule has 2 saturated heterocycles. The van der Waals surface area contributed by atoms with Crippen molar-refractivity contribution in [2.24, 2.45) is 5.92 Å². The molecule has 2 aliphatic heterocycles. The zero-order valence-electron chi connectivity index (χ0n) is 14.1. The normalized spacial score (nSPS) is 23.3. The molecule has 2 N–H and O–H groups in total. The Hall–Kier alpha value is -0.810. The first kappa shape index (κ1) is 21.2. The summed E-state index contributed by atoms with van der Waals surface area (Å²) in [5, 5.41) is 6.54. The number of carbonyl (C=O) groups is 1. The minimum atomic E-state index is 0. The fourth-order valence-electron chi connectivity index (χ4n) is 3.61. The first-order valence-corrected chi connectivity index (χ1v) is 8.59. The Balaban J connectivity index is 0.00000144. The Morgan fingerprint density at radius 1 is 1.21 bits per heavy atom. The zero-order chi connectivity index (χ0) is 15.2. The Kier molecular flexibility index (Phi) is 9.67. The highest BCUT2D eigenvalue weighted by molar-refractivity contribution is 5.85. The lowest BCUT2D eigenvalue weighted by Crippen LogP contribution is -2.43. The summed E-state index contributed by atoms with van der Waals surface area (Å²) in [5.74, 6) is 0.962. The van der Waals surface area contributed by atoms with Crippen LogP contribution in [0.15, 0.2) is 30.3 Å². The number of carbonyl (C=O) groups excluding carboxylic acids is 1. The molecule has 2 atom stereocenters. The van der Waals surface area contributed by atoms with E-state index in [1.165, 1.54) is 12.0 Å². The van der Waals surface area contributed by atoms with Gasteiger partial charge in [0.25, 0.3) is 0 Å². The maximum atomic E-state index is 12.5. The maximum absolute atomic E-state index is 12.5. The van der Waals surface area contributed by atoms with Crippen molar-refractivity contribution in [1.82, 2.24) is 15.5 Å². The molecule has 24 heavy (non-hydrogen) atoms. The molecule has 0 radical (unpaired) electrons. The highest BCUT2D eigenvalue weighted by Gasteiger charge is 2.30. The number of likely N-dealkylation sites (tertiary alicyclic amines) is 1. The van der Waals surface area contributed by atoms with Gasteiger partial charge in [0, 0.05) is 13.1 Å². The molecule has 4 nitrogen and oxygen atoms in total. The fourth-order valence-corrected chi connectivity index (χ4v) is 3.61. The summed E-state index contributed by atoms with van der Waals surface area (Å²) in [6.07, 6.45) is 4.46. The molecule has 2 unspecified atom stereocenters. The van der Waals surface area contributed by atoms with Crippen LogP contribution in [0.4, 0.5) is 0 Å². The third-order valence-corrected chi connectivity index (χ3v) is 4.91. The third-order valence-electron chi connectivity index (χ3n) is 4.91. The van der Waals surface area contributed by atoms with E-state index >= 15 is 0 Å². The molecule has 3 rings (SSSR count). The molecule has 0 bridgehead atoms. The van der Waals surface area contributed by atoms with Gasteiger partial charge in [-0.25, -0.2) is 0 Å². The second kappa shape index (κ2) is 10.9. The van der Waals surface area contributed by atoms with Crippen molar-refractivity contribution in [2.45, 2.75) is 38.3 Å². The van der Waals surface area contributed by atoms with E-state index in [4.69, 9.17) is 0 Å². The molecule has 2 fully saturated rings. The number of benzene rings is 1. The standard InChI is InChI=1S/C18H27N3O.2ClH/c22-18(20-11-9-15-8-10-19-13-15)17-7-4-12-21(17)14-16-5-2-1-3-6-16;;/h1-3,5-6,15,17,19H,4,7-14H2,(H,20,22);2*1H. The van der Waals surface area contributed by atoms with Crippen LogP contribution in [0.2, 0.25) is 0 Å². The van der Waals surface area contributed by atoms with Gasteiger partial charge in [0.1, 0.15) is 0 Å². The monoisotopic (exact) mass is 373 g/mol. The van der Waals surface area contributed by atoms with Crippen molar-refractivity contribution < 1.29 is 4.79 Å². The summed E-state index contributed by atoms with van der Waals surface area (Å²) in [6.45, 7) is 4.97. The van der Waals surface area contributed by atoms with Crippen molar-refractivity contribution >= 4 is 30.7 Å². The van der Waals surface area contributed by atoms with Crippen molar-refractivity contribution in [3.8, 4) is 0 Å². The van der Waals surface area contributed by atoms with Gasteiger partial charge in [-0.3, -0.25) is 9.69 Å². The van der Waals surface area contributed by atoms with Crippen LogP contribution in [0.3, 0.4) is 0 Å². The number of halogens is 2. The van der Waals surface area contributed by atoms with E-state index in [-0.39, 0.29) is 36.8 Å². The molecule has 0 saturated carbocycles. The highest BCUT2D eigenvalue weighted by atomic mass is 35.5. The lowest BCUT2D eigenvalue weighted by atomic mass is 10.1. The number of rotatable bonds is 6. The van der Waals surface area contributed by atoms with Crippen LogP contribution < -0.4 is 10.6 Å². The summed E-state index contributed by atoms with van der Waals surface area (Å²) in [5.41, 5.74) is 1.29. The van der Waals surface area contributed by atoms with E-state index in [0.717, 1.165) is 57.9 Å². The maximum Gasteiger partial charge on any atom is 0.237 e. The summed E-state index contributed by atoms with van der Waals surface area (Å²) >= 11 is 0. The molecular formula is C18H29Cl2N3O. The minimum Gasteiger partial charge on any atom is -0.355 e. The van der Waals surface area contributed by atoms with Crippen LogP contribution in [0, 0.1) is 5.92 Å². The van der Waals surface area contributed by atoms with Crippen molar-refractivity contribution in [2.75, 3.05) is 26.2 Å². The van der Waals surface area contributed by atoms with Crippen molar-refractivity contribution in [1.29, 1.82) is 0 Å². The van der Waals surface area contributed by atoms with Crippen LogP contribution in [0.25, 0.3) is 0 Å². The average Bonchev–Trinajstić information content (AvgIpc) is 3.20. The van der Waals surface area contributed by atoms with Crippen LogP contribution in [0.5, 0.6) is 0 Å². The fraction of sp³-hybridized carbons (Fsp3) is 0.611. The smallest absolute Gasteiger partial charge is 0.237 e. The second-order valence-corrected chi connectivity index (χ2v) is 6.55. The summed E-state index contributed by atoms with van der Waals surface area (Å²) < 4.78 is 0. The molecule has 136 valence electrons. The van der Waals surface area contributed by atoms with Gasteiger partial charge in [0.2, 0.25) is 5.91 Å². The summed E-state index contributed by atoms with van der Waals surface area (Å²) in [6, 6.07) is 10.5. The van der Waals surface area contributed by atoms with Gasteiger partial charge >= 0.3 is 0 Å². The molecule has 6 heteroatoms. The van der Waals surface area contributed by atoms with Crippen LogP contribution in [0.1, 0.15) is 31.2 Å². The van der Waals surface area contributed by atoms with Gasteiger partial charge in [-0.05, 0) is 56.8 Å². The largest absolute Gasteiger partial charge is 0.355 e. The predicted octanol–water partition coefficient (Wildman–Crippen LogP) is 2.61. The Labute approximate surface area is 157 Å². The molecule has 0 spiro atoms. The summed E-state index contributed by atoms with van der Waals surface area (Å²) in [4.78, 5) is 14.8. The molecule has 0 aliphatic carbocycles. The number of hydrogen-bond donors (Lipinski definition) is 2. The minimum absolute atomic E-state index is 0. The number of nitrogens with one attached hydrogen (secondary N) is 2. The summed E-state index contributed by atoms with van der Waals surface area (Å²) in [7, 11) is 0. The number of nitrogens with zero attached hydrogens (tertiary/aromatic N) is 1. The second-order valence-electron chi connectivity index (χ2n) is 6.55. The SMILES string of the molecule is Cl.Cl.O=C(NCCC1CCNC1)C1CCCN1Cc1ccccc1. The predicted molar refractivity (Wildman–Crippen MR) is 103 cm³/mol. The van der Waals surface area contributed by atoms with Crippen LogP contribution in [-0.4, -0.2) is 43.0 Å². The molecular weight excluding hydrogens is 345 g/mol. The third kappa shape index (κ3) is 5.92. The zero-order valence-corrected chi connectivity index (χ0v) is 15.7. The van der Waals surface area contributed by atoms with E-state index in [1.54, 1.807) is 0 Å². The topological polar surface area (TPSA) is 44.4 Å². The van der Waals surface area contributed by atoms with Gasteiger partial charge in [-0.1, -0.05) is 30.3 Å². The first-order chi connectivity index (χ1) is 10.8. The number of hydrogen-bond acceptors (Lipinski definition) is 3. The number of amides is 1. The van der Waals surface area contributed by atoms with E-state index in [1.807, 2.05) is 6.07 Å². The van der Waals surface area contributed by atoms with Crippen LogP contribution in [-0.2, 0) is 11.3 Å². The molecule has 1 amide bonds.